The van der Waals surface area contributed by atoms with Gasteiger partial charge in [0.2, 0.25) is 0 Å². The molecule has 0 amide bonds. The van der Waals surface area contributed by atoms with E-state index in [0.29, 0.717) is 12.3 Å². The molecule has 1 aromatic rings. The van der Waals surface area contributed by atoms with Gasteiger partial charge in [-0.2, -0.15) is 0 Å². The van der Waals surface area contributed by atoms with Crippen molar-refractivity contribution in [1.82, 2.24) is 5.32 Å². The van der Waals surface area contributed by atoms with Crippen LogP contribution in [0.1, 0.15) is 19.4 Å². The largest absolute Gasteiger partial charge is 0.496 e. The first kappa shape index (κ1) is 15.2. The molecule has 0 aliphatic heterocycles. The molecule has 5 heteroatoms. The number of ether oxygens (including phenoxy) is 2. The van der Waals surface area contributed by atoms with Crippen LogP contribution in [0.3, 0.4) is 0 Å². The predicted molar refractivity (Wildman–Crippen MR) is 70.9 cm³/mol. The highest BCUT2D eigenvalue weighted by Gasteiger charge is 2.24. The number of para-hydroxylation sites is 1. The van der Waals surface area contributed by atoms with Gasteiger partial charge in [0.1, 0.15) is 5.75 Å². The lowest BCUT2D eigenvalue weighted by Crippen LogP contribution is -2.43. The molecule has 1 N–H and O–H groups in total. The summed E-state index contributed by atoms with van der Waals surface area (Å²) in [5, 5.41) is 2.89. The van der Waals surface area contributed by atoms with E-state index in [1.807, 2.05) is 24.3 Å². The summed E-state index contributed by atoms with van der Waals surface area (Å²) in [4.78, 5) is 23.1. The molecule has 0 radical (unpaired) electrons. The van der Waals surface area contributed by atoms with Crippen LogP contribution in [0, 0.1) is 0 Å². The number of ketones is 1. The topological polar surface area (TPSA) is 64.6 Å². The van der Waals surface area contributed by atoms with Crippen LogP contribution in [0.4, 0.5) is 0 Å². The second kappa shape index (κ2) is 7.53. The van der Waals surface area contributed by atoms with Gasteiger partial charge in [-0.15, -0.1) is 0 Å². The van der Waals surface area contributed by atoms with Crippen molar-refractivity contribution >= 4 is 11.8 Å². The summed E-state index contributed by atoms with van der Waals surface area (Å²) in [5.74, 6) is -0.112. The van der Waals surface area contributed by atoms with E-state index >= 15 is 0 Å². The maximum atomic E-state index is 11.6. The summed E-state index contributed by atoms with van der Waals surface area (Å²) in [7, 11) is 1.58. The summed E-state index contributed by atoms with van der Waals surface area (Å²) in [6.07, 6.45) is 0. The van der Waals surface area contributed by atoms with Crippen LogP contribution in [-0.2, 0) is 20.9 Å². The first-order chi connectivity index (χ1) is 9.10. The van der Waals surface area contributed by atoms with Crippen LogP contribution >= 0.6 is 0 Å². The molecule has 104 valence electrons. The third kappa shape index (κ3) is 4.37. The van der Waals surface area contributed by atoms with Crippen LogP contribution in [-0.4, -0.2) is 31.5 Å². The number of hydrogen-bond acceptors (Lipinski definition) is 5. The van der Waals surface area contributed by atoms with Gasteiger partial charge in [0.05, 0.1) is 13.7 Å². The van der Waals surface area contributed by atoms with E-state index < -0.39 is 12.0 Å². The molecule has 1 rings (SSSR count). The second-order valence-corrected chi connectivity index (χ2v) is 3.99. The van der Waals surface area contributed by atoms with Crippen LogP contribution < -0.4 is 10.1 Å². The standard InChI is InChI=1S/C14H19NO4/c1-4-19-14(17)13(10(2)16)15-9-11-7-5-6-8-12(11)18-3/h5-8,13,15H,4,9H2,1-3H3. The summed E-state index contributed by atoms with van der Waals surface area (Å²) < 4.78 is 10.1. The Labute approximate surface area is 112 Å². The number of rotatable bonds is 7. The van der Waals surface area contributed by atoms with E-state index in [2.05, 4.69) is 5.32 Å². The molecule has 0 saturated carbocycles. The molecule has 0 aliphatic carbocycles. The van der Waals surface area contributed by atoms with Gasteiger partial charge >= 0.3 is 5.97 Å². The van der Waals surface area contributed by atoms with Crippen molar-refractivity contribution in [2.75, 3.05) is 13.7 Å². The molecule has 1 aromatic carbocycles. The summed E-state index contributed by atoms with van der Waals surface area (Å²) in [6.45, 7) is 3.66. The maximum Gasteiger partial charge on any atom is 0.330 e. The minimum absolute atomic E-state index is 0.249. The quantitative estimate of drug-likeness (QED) is 0.595. The Morgan fingerprint density at radius 1 is 1.32 bits per heavy atom. The molecule has 1 atom stereocenters. The minimum Gasteiger partial charge on any atom is -0.496 e. The number of carbonyl (C=O) groups is 2. The smallest absolute Gasteiger partial charge is 0.330 e. The normalized spacial score (nSPS) is 11.7. The van der Waals surface area contributed by atoms with Gasteiger partial charge in [0.15, 0.2) is 11.8 Å². The summed E-state index contributed by atoms with van der Waals surface area (Å²) in [6, 6.07) is 6.48. The second-order valence-electron chi connectivity index (χ2n) is 3.99. The molecule has 0 aromatic heterocycles. The number of esters is 1. The zero-order valence-electron chi connectivity index (χ0n) is 11.4. The lowest BCUT2D eigenvalue weighted by Gasteiger charge is -2.15. The third-order valence-corrected chi connectivity index (χ3v) is 2.62. The van der Waals surface area contributed by atoms with E-state index in [1.54, 1.807) is 14.0 Å². The third-order valence-electron chi connectivity index (χ3n) is 2.62. The number of benzene rings is 1. The molecule has 0 saturated heterocycles. The highest BCUT2D eigenvalue weighted by Crippen LogP contribution is 2.16. The molecule has 5 nitrogen and oxygen atoms in total. The van der Waals surface area contributed by atoms with Crippen molar-refractivity contribution < 1.29 is 19.1 Å². The zero-order valence-corrected chi connectivity index (χ0v) is 11.4. The fraction of sp³-hybridized carbons (Fsp3) is 0.429. The fourth-order valence-corrected chi connectivity index (χ4v) is 1.68. The van der Waals surface area contributed by atoms with Crippen molar-refractivity contribution in [2.24, 2.45) is 0 Å². The summed E-state index contributed by atoms with van der Waals surface area (Å²) >= 11 is 0. The van der Waals surface area contributed by atoms with Crippen molar-refractivity contribution in [3.8, 4) is 5.75 Å². The lowest BCUT2D eigenvalue weighted by atomic mass is 10.1. The Kier molecular flexibility index (Phi) is 6.02. The lowest BCUT2D eigenvalue weighted by molar-refractivity contribution is -0.148. The molecule has 0 heterocycles. The average Bonchev–Trinajstić information content (AvgIpc) is 2.39. The van der Waals surface area contributed by atoms with Crippen molar-refractivity contribution in [3.63, 3.8) is 0 Å². The number of nitrogens with one attached hydrogen (secondary N) is 1. The Morgan fingerprint density at radius 3 is 2.58 bits per heavy atom. The fourth-order valence-electron chi connectivity index (χ4n) is 1.68. The maximum absolute atomic E-state index is 11.6. The van der Waals surface area contributed by atoms with Crippen LogP contribution in [0.2, 0.25) is 0 Å². The van der Waals surface area contributed by atoms with E-state index in [9.17, 15) is 9.59 Å². The molecule has 1 unspecified atom stereocenters. The number of carbonyl (C=O) groups excluding carboxylic acids is 2. The summed E-state index contributed by atoms with van der Waals surface area (Å²) in [5.41, 5.74) is 0.876. The van der Waals surface area contributed by atoms with Gasteiger partial charge in [0.25, 0.3) is 0 Å². The highest BCUT2D eigenvalue weighted by atomic mass is 16.5. The van der Waals surface area contributed by atoms with Crippen LogP contribution in [0.5, 0.6) is 5.75 Å². The molecule has 19 heavy (non-hydrogen) atoms. The van der Waals surface area contributed by atoms with Gasteiger partial charge < -0.3 is 9.47 Å². The average molecular weight is 265 g/mol. The molecule has 0 bridgehead atoms. The van der Waals surface area contributed by atoms with E-state index in [4.69, 9.17) is 9.47 Å². The first-order valence-electron chi connectivity index (χ1n) is 6.12. The van der Waals surface area contributed by atoms with Crippen LogP contribution in [0.15, 0.2) is 24.3 Å². The predicted octanol–water partition coefficient (Wildman–Crippen LogP) is 1.31. The number of methoxy groups -OCH3 is 1. The highest BCUT2D eigenvalue weighted by molar-refractivity contribution is 6.01. The molecular weight excluding hydrogens is 246 g/mol. The van der Waals surface area contributed by atoms with Gasteiger partial charge in [-0.25, -0.2) is 4.79 Å². The Bertz CT molecular complexity index is 445. The molecule has 0 aliphatic rings. The van der Waals surface area contributed by atoms with E-state index in [0.717, 1.165) is 5.56 Å². The minimum atomic E-state index is -0.940. The molecular formula is C14H19NO4. The van der Waals surface area contributed by atoms with Gasteiger partial charge in [-0.1, -0.05) is 18.2 Å². The Morgan fingerprint density at radius 2 is 2.00 bits per heavy atom. The number of Topliss-reactive ketones (excluding diaryl/α,β-unsaturated/α-hetero) is 1. The Hall–Kier alpha value is -1.88. The first-order valence-corrected chi connectivity index (χ1v) is 6.12. The van der Waals surface area contributed by atoms with E-state index in [-0.39, 0.29) is 12.4 Å². The van der Waals surface area contributed by atoms with Gasteiger partial charge in [-0.3, -0.25) is 10.1 Å². The van der Waals surface area contributed by atoms with Crippen LogP contribution in [0.25, 0.3) is 0 Å². The van der Waals surface area contributed by atoms with E-state index in [1.165, 1.54) is 6.92 Å². The van der Waals surface area contributed by atoms with Gasteiger partial charge in [0, 0.05) is 12.1 Å². The monoisotopic (exact) mass is 265 g/mol. The zero-order chi connectivity index (χ0) is 14.3. The van der Waals surface area contributed by atoms with Gasteiger partial charge in [-0.05, 0) is 19.9 Å². The molecule has 0 fully saturated rings. The van der Waals surface area contributed by atoms with Crippen molar-refractivity contribution in [3.05, 3.63) is 29.8 Å². The number of hydrogen-bond donors (Lipinski definition) is 1. The molecule has 0 spiro atoms. The van der Waals surface area contributed by atoms with Crippen molar-refractivity contribution in [1.29, 1.82) is 0 Å². The van der Waals surface area contributed by atoms with Crippen molar-refractivity contribution in [2.45, 2.75) is 26.4 Å². The Balaban J connectivity index is 2.71. The SMILES string of the molecule is CCOC(=O)C(NCc1ccccc1OC)C(C)=O.